The number of halogens is 1. The van der Waals surface area contributed by atoms with Gasteiger partial charge < -0.3 is 10.4 Å². The Morgan fingerprint density at radius 2 is 2.18 bits per heavy atom. The maximum absolute atomic E-state index is 11.7. The lowest BCUT2D eigenvalue weighted by atomic mass is 9.94. The maximum Gasteiger partial charge on any atom is 0.329 e. The fourth-order valence-corrected chi connectivity index (χ4v) is 2.41. The lowest BCUT2D eigenvalue weighted by Crippen LogP contribution is -2.43. The van der Waals surface area contributed by atoms with Gasteiger partial charge in [0, 0.05) is 6.20 Å². The van der Waals surface area contributed by atoms with Gasteiger partial charge in [-0.1, -0.05) is 26.2 Å². The molecule has 0 amide bonds. The highest BCUT2D eigenvalue weighted by atomic mass is 35.5. The van der Waals surface area contributed by atoms with Crippen molar-refractivity contribution < 1.29 is 9.90 Å². The molecule has 0 aliphatic carbocycles. The van der Waals surface area contributed by atoms with Crippen molar-refractivity contribution in [3.63, 3.8) is 0 Å². The van der Waals surface area contributed by atoms with Crippen LogP contribution in [-0.2, 0) is 4.79 Å². The van der Waals surface area contributed by atoms with Crippen molar-refractivity contribution in [2.24, 2.45) is 0 Å². The molecule has 2 N–H and O–H groups in total. The lowest BCUT2D eigenvalue weighted by molar-refractivity contribution is -0.142. The van der Waals surface area contributed by atoms with E-state index in [1.165, 1.54) is 0 Å². The minimum Gasteiger partial charge on any atom is -0.480 e. The van der Waals surface area contributed by atoms with Gasteiger partial charge in [0.2, 0.25) is 5.28 Å². The number of pyridine rings is 1. The van der Waals surface area contributed by atoms with Crippen LogP contribution in [0.1, 0.15) is 39.5 Å². The van der Waals surface area contributed by atoms with Crippen molar-refractivity contribution in [2.75, 3.05) is 5.32 Å². The van der Waals surface area contributed by atoms with Crippen LogP contribution in [-0.4, -0.2) is 31.6 Å². The molecule has 2 aromatic rings. The molecular weight excluding hydrogens is 304 g/mol. The highest BCUT2D eigenvalue weighted by Crippen LogP contribution is 2.26. The molecule has 118 valence electrons. The summed E-state index contributed by atoms with van der Waals surface area (Å²) in [6.45, 7) is 3.73. The molecule has 0 fully saturated rings. The molecule has 1 atom stereocenters. The third-order valence-electron chi connectivity index (χ3n) is 3.57. The van der Waals surface area contributed by atoms with Gasteiger partial charge in [0.25, 0.3) is 0 Å². The molecule has 0 aliphatic heterocycles. The summed E-state index contributed by atoms with van der Waals surface area (Å²) in [4.78, 5) is 24.1. The summed E-state index contributed by atoms with van der Waals surface area (Å²) in [7, 11) is 0. The van der Waals surface area contributed by atoms with Crippen molar-refractivity contribution in [1.29, 1.82) is 0 Å². The van der Waals surface area contributed by atoms with Crippen LogP contribution >= 0.6 is 11.6 Å². The molecule has 0 radical (unpaired) electrons. The number of anilines is 1. The minimum atomic E-state index is -1.13. The average molecular weight is 323 g/mol. The van der Waals surface area contributed by atoms with Crippen molar-refractivity contribution in [3.05, 3.63) is 23.6 Å². The van der Waals surface area contributed by atoms with Gasteiger partial charge in [-0.05, 0) is 37.1 Å². The summed E-state index contributed by atoms with van der Waals surface area (Å²) in [6.07, 6.45) is 4.93. The zero-order chi connectivity index (χ0) is 16.2. The van der Waals surface area contributed by atoms with Gasteiger partial charge in [-0.2, -0.15) is 4.98 Å². The topological polar surface area (TPSA) is 88.0 Å². The van der Waals surface area contributed by atoms with Gasteiger partial charge in [-0.25, -0.2) is 9.78 Å². The number of nitrogens with zero attached hydrogens (tertiary/aromatic N) is 3. The Morgan fingerprint density at radius 3 is 2.86 bits per heavy atom. The van der Waals surface area contributed by atoms with E-state index in [-0.39, 0.29) is 5.28 Å². The zero-order valence-corrected chi connectivity index (χ0v) is 13.4. The van der Waals surface area contributed by atoms with Gasteiger partial charge >= 0.3 is 5.97 Å². The van der Waals surface area contributed by atoms with Crippen LogP contribution in [0.5, 0.6) is 0 Å². The second-order valence-corrected chi connectivity index (χ2v) is 5.77. The standard InChI is InChI=1S/C15H19ClN4O2/c1-3-4-5-8-15(2,13(21)22)20-12-11-10(7-6-9-17-11)18-14(16)19-12/h6-7,9H,3-5,8H2,1-2H3,(H,21,22)(H,18,19,20)/t15-/m1/s1. The highest BCUT2D eigenvalue weighted by Gasteiger charge is 2.33. The first-order chi connectivity index (χ1) is 10.5. The molecule has 0 bridgehead atoms. The van der Waals surface area contributed by atoms with E-state index in [4.69, 9.17) is 11.6 Å². The van der Waals surface area contributed by atoms with E-state index in [2.05, 4.69) is 27.2 Å². The predicted molar refractivity (Wildman–Crippen MR) is 86.1 cm³/mol. The molecule has 2 rings (SSSR count). The third-order valence-corrected chi connectivity index (χ3v) is 3.74. The van der Waals surface area contributed by atoms with Gasteiger partial charge in [-0.3, -0.25) is 4.98 Å². The van der Waals surface area contributed by atoms with Crippen LogP contribution < -0.4 is 5.32 Å². The first kappa shape index (κ1) is 16.4. The van der Waals surface area contributed by atoms with E-state index >= 15 is 0 Å². The number of carboxylic acids is 1. The van der Waals surface area contributed by atoms with Gasteiger partial charge in [-0.15, -0.1) is 0 Å². The van der Waals surface area contributed by atoms with Crippen LogP contribution in [0.2, 0.25) is 5.28 Å². The largest absolute Gasteiger partial charge is 0.480 e. The first-order valence-corrected chi connectivity index (χ1v) is 7.64. The quantitative estimate of drug-likeness (QED) is 0.599. The maximum atomic E-state index is 11.7. The number of carbonyl (C=O) groups is 1. The minimum absolute atomic E-state index is 0.0595. The second kappa shape index (κ2) is 6.87. The Balaban J connectivity index is 2.36. The van der Waals surface area contributed by atoms with E-state index in [0.29, 0.717) is 23.3 Å². The van der Waals surface area contributed by atoms with Crippen LogP contribution in [0, 0.1) is 0 Å². The van der Waals surface area contributed by atoms with E-state index in [9.17, 15) is 9.90 Å². The monoisotopic (exact) mass is 322 g/mol. The van der Waals surface area contributed by atoms with Crippen LogP contribution in [0.15, 0.2) is 18.3 Å². The fourth-order valence-electron chi connectivity index (χ4n) is 2.24. The molecule has 0 unspecified atom stereocenters. The summed E-state index contributed by atoms with van der Waals surface area (Å²) < 4.78 is 0. The number of rotatable bonds is 7. The Hall–Kier alpha value is -1.95. The molecule has 0 saturated heterocycles. The van der Waals surface area contributed by atoms with Gasteiger partial charge in [0.05, 0.1) is 5.52 Å². The SMILES string of the molecule is CCCCC[C@@](C)(Nc1nc(Cl)nc2cccnc12)C(=O)O. The van der Waals surface area contributed by atoms with E-state index in [1.54, 1.807) is 25.3 Å². The fraction of sp³-hybridized carbons (Fsp3) is 0.467. The molecule has 0 spiro atoms. The number of nitrogens with one attached hydrogen (secondary N) is 1. The highest BCUT2D eigenvalue weighted by molar-refractivity contribution is 6.28. The molecule has 7 heteroatoms. The summed E-state index contributed by atoms with van der Waals surface area (Å²) >= 11 is 5.92. The van der Waals surface area contributed by atoms with Crippen LogP contribution in [0.3, 0.4) is 0 Å². The summed E-state index contributed by atoms with van der Waals surface area (Å²) in [5.41, 5.74) is -0.0433. The predicted octanol–water partition coefficient (Wildman–Crippen LogP) is 3.51. The number of hydrogen-bond acceptors (Lipinski definition) is 5. The second-order valence-electron chi connectivity index (χ2n) is 5.43. The zero-order valence-electron chi connectivity index (χ0n) is 12.6. The van der Waals surface area contributed by atoms with Crippen molar-refractivity contribution >= 4 is 34.4 Å². The van der Waals surface area contributed by atoms with Crippen LogP contribution in [0.25, 0.3) is 11.0 Å². The van der Waals surface area contributed by atoms with Crippen molar-refractivity contribution in [3.8, 4) is 0 Å². The molecule has 6 nitrogen and oxygen atoms in total. The van der Waals surface area contributed by atoms with Crippen LogP contribution in [0.4, 0.5) is 5.82 Å². The molecule has 0 saturated carbocycles. The molecule has 2 heterocycles. The summed E-state index contributed by atoms with van der Waals surface area (Å²) in [5, 5.41) is 12.6. The number of aromatic nitrogens is 3. The molecule has 0 aromatic carbocycles. The Labute approximate surface area is 134 Å². The number of aliphatic carboxylic acids is 1. The van der Waals surface area contributed by atoms with E-state index < -0.39 is 11.5 Å². The van der Waals surface area contributed by atoms with E-state index in [1.807, 2.05) is 0 Å². The van der Waals surface area contributed by atoms with E-state index in [0.717, 1.165) is 19.3 Å². The first-order valence-electron chi connectivity index (χ1n) is 7.26. The third kappa shape index (κ3) is 3.62. The average Bonchev–Trinajstić information content (AvgIpc) is 2.47. The van der Waals surface area contributed by atoms with Crippen molar-refractivity contribution in [1.82, 2.24) is 15.0 Å². The lowest BCUT2D eigenvalue weighted by Gasteiger charge is -2.27. The van der Waals surface area contributed by atoms with Gasteiger partial charge in [0.1, 0.15) is 11.1 Å². The number of unbranched alkanes of at least 4 members (excludes halogenated alkanes) is 2. The molecular formula is C15H19ClN4O2. The van der Waals surface area contributed by atoms with Crippen molar-refractivity contribution in [2.45, 2.75) is 45.1 Å². The number of hydrogen-bond donors (Lipinski definition) is 2. The molecule has 0 aliphatic rings. The number of fused-ring (bicyclic) bond motifs is 1. The Kier molecular flexibility index (Phi) is 5.13. The number of carboxylic acid groups (broad SMARTS) is 1. The smallest absolute Gasteiger partial charge is 0.329 e. The molecule has 22 heavy (non-hydrogen) atoms. The van der Waals surface area contributed by atoms with Gasteiger partial charge in [0.15, 0.2) is 5.82 Å². The summed E-state index contributed by atoms with van der Waals surface area (Å²) in [5.74, 6) is -0.584. The molecule has 2 aromatic heterocycles. The Morgan fingerprint density at radius 1 is 1.41 bits per heavy atom. The Bertz CT molecular complexity index is 680. The summed E-state index contributed by atoms with van der Waals surface area (Å²) in [6, 6.07) is 3.50. The normalized spacial score (nSPS) is 13.8.